The Hall–Kier alpha value is -0.830. The monoisotopic (exact) mass is 438 g/mol. The molecule has 0 saturated carbocycles. The van der Waals surface area contributed by atoms with E-state index in [2.05, 4.69) is 39.3 Å². The molecule has 1 aromatic rings. The topological polar surface area (TPSA) is 65.5 Å². The van der Waals surface area contributed by atoms with E-state index in [1.54, 1.807) is 11.3 Å². The number of hydrogen-bond donors (Lipinski definition) is 3. The molecule has 0 spiro atoms. The highest BCUT2D eigenvalue weighted by Crippen LogP contribution is 2.14. The van der Waals surface area contributed by atoms with Crippen molar-refractivity contribution in [2.45, 2.75) is 46.7 Å². The second-order valence-electron chi connectivity index (χ2n) is 5.87. The molecule has 0 aromatic carbocycles. The zero-order chi connectivity index (χ0) is 15.9. The molecule has 1 amide bonds. The van der Waals surface area contributed by atoms with E-state index in [9.17, 15) is 4.79 Å². The van der Waals surface area contributed by atoms with Crippen LogP contribution in [0.5, 0.6) is 0 Å². The smallest absolute Gasteiger partial charge is 0.242 e. The number of nitrogens with one attached hydrogen (secondary N) is 3. The van der Waals surface area contributed by atoms with Gasteiger partial charge in [0.1, 0.15) is 6.54 Å². The number of halogens is 1. The molecule has 0 aliphatic heterocycles. The summed E-state index contributed by atoms with van der Waals surface area (Å²) < 4.78 is 0. The molecule has 0 saturated heterocycles. The summed E-state index contributed by atoms with van der Waals surface area (Å²) in [6.45, 7) is 11.6. The number of guanidine groups is 1. The Morgan fingerprint density at radius 1 is 1.32 bits per heavy atom. The summed E-state index contributed by atoms with van der Waals surface area (Å²) in [5.41, 5.74) is 1.04. The minimum absolute atomic E-state index is 0. The number of nitrogens with zero attached hydrogens (tertiary/aromatic N) is 1. The Kier molecular flexibility index (Phi) is 9.66. The van der Waals surface area contributed by atoms with E-state index >= 15 is 0 Å². The molecular formula is C15H27IN4OS. The molecule has 7 heteroatoms. The van der Waals surface area contributed by atoms with Crippen LogP contribution < -0.4 is 16.0 Å². The van der Waals surface area contributed by atoms with Crippen LogP contribution in [-0.4, -0.2) is 30.5 Å². The zero-order valence-corrected chi connectivity index (χ0v) is 17.1. The quantitative estimate of drug-likeness (QED) is 0.376. The number of carbonyl (C=O) groups excluding carboxylic acids is 1. The van der Waals surface area contributed by atoms with Crippen molar-refractivity contribution in [2.75, 3.05) is 13.1 Å². The van der Waals surface area contributed by atoms with Crippen molar-refractivity contribution in [1.29, 1.82) is 0 Å². The molecule has 22 heavy (non-hydrogen) atoms. The van der Waals surface area contributed by atoms with Gasteiger partial charge < -0.3 is 16.0 Å². The Morgan fingerprint density at radius 2 is 2.00 bits per heavy atom. The van der Waals surface area contributed by atoms with Crippen molar-refractivity contribution in [3.05, 3.63) is 21.9 Å². The number of aliphatic imine (C=N–C) groups is 1. The SMILES string of the molecule is CCNC(=NCC(=O)NC(C)(C)C)NCc1sccc1C.I. The van der Waals surface area contributed by atoms with Crippen LogP contribution in [0.2, 0.25) is 0 Å². The van der Waals surface area contributed by atoms with Gasteiger partial charge in [0, 0.05) is 17.0 Å². The summed E-state index contributed by atoms with van der Waals surface area (Å²) >= 11 is 1.72. The van der Waals surface area contributed by atoms with E-state index in [-0.39, 0.29) is 42.0 Å². The van der Waals surface area contributed by atoms with Crippen LogP contribution in [0, 0.1) is 6.92 Å². The van der Waals surface area contributed by atoms with Gasteiger partial charge in [-0.05, 0) is 51.6 Å². The highest BCUT2D eigenvalue weighted by molar-refractivity contribution is 14.0. The first-order valence-electron chi connectivity index (χ1n) is 7.18. The van der Waals surface area contributed by atoms with Crippen molar-refractivity contribution in [1.82, 2.24) is 16.0 Å². The minimum atomic E-state index is -0.230. The Labute approximate surface area is 154 Å². The first kappa shape index (κ1) is 21.2. The van der Waals surface area contributed by atoms with Gasteiger partial charge in [-0.1, -0.05) is 0 Å². The van der Waals surface area contributed by atoms with Crippen LogP contribution in [0.3, 0.4) is 0 Å². The number of hydrogen-bond acceptors (Lipinski definition) is 3. The van der Waals surface area contributed by atoms with Gasteiger partial charge >= 0.3 is 0 Å². The van der Waals surface area contributed by atoms with Crippen LogP contribution >= 0.6 is 35.3 Å². The second-order valence-corrected chi connectivity index (χ2v) is 6.87. The zero-order valence-electron chi connectivity index (χ0n) is 13.9. The average molecular weight is 438 g/mol. The molecule has 126 valence electrons. The van der Waals surface area contributed by atoms with Crippen LogP contribution in [0.1, 0.15) is 38.1 Å². The van der Waals surface area contributed by atoms with E-state index in [4.69, 9.17) is 0 Å². The lowest BCUT2D eigenvalue weighted by Crippen LogP contribution is -2.43. The highest BCUT2D eigenvalue weighted by Gasteiger charge is 2.13. The number of amides is 1. The Morgan fingerprint density at radius 3 is 2.50 bits per heavy atom. The number of carbonyl (C=O) groups is 1. The fourth-order valence-electron chi connectivity index (χ4n) is 1.70. The third kappa shape index (κ3) is 8.57. The standard InChI is InChI=1S/C15H26N4OS.HI/c1-6-16-14(17-9-12-11(2)7-8-21-12)18-10-13(20)19-15(3,4)5;/h7-8H,6,9-10H2,1-5H3,(H,19,20)(H2,16,17,18);1H. The van der Waals surface area contributed by atoms with Gasteiger partial charge in [-0.15, -0.1) is 35.3 Å². The fraction of sp³-hybridized carbons (Fsp3) is 0.600. The van der Waals surface area contributed by atoms with Gasteiger partial charge in [-0.25, -0.2) is 4.99 Å². The lowest BCUT2D eigenvalue weighted by atomic mass is 10.1. The lowest BCUT2D eigenvalue weighted by molar-refractivity contribution is -0.121. The van der Waals surface area contributed by atoms with E-state index in [0.717, 1.165) is 13.1 Å². The third-order valence-corrected chi connectivity index (χ3v) is 3.65. The van der Waals surface area contributed by atoms with E-state index < -0.39 is 0 Å². The highest BCUT2D eigenvalue weighted by atomic mass is 127. The lowest BCUT2D eigenvalue weighted by Gasteiger charge is -2.20. The third-order valence-electron chi connectivity index (χ3n) is 2.62. The van der Waals surface area contributed by atoms with Crippen LogP contribution in [0.15, 0.2) is 16.4 Å². The fourth-order valence-corrected chi connectivity index (χ4v) is 2.55. The first-order valence-corrected chi connectivity index (χ1v) is 8.06. The maximum Gasteiger partial charge on any atom is 0.242 e. The van der Waals surface area contributed by atoms with Crippen LogP contribution in [-0.2, 0) is 11.3 Å². The van der Waals surface area contributed by atoms with E-state index in [1.165, 1.54) is 10.4 Å². The summed E-state index contributed by atoms with van der Waals surface area (Å²) in [6.07, 6.45) is 0. The van der Waals surface area contributed by atoms with Crippen molar-refractivity contribution in [3.8, 4) is 0 Å². The minimum Gasteiger partial charge on any atom is -0.357 e. The summed E-state index contributed by atoms with van der Waals surface area (Å²) in [4.78, 5) is 17.4. The molecule has 0 radical (unpaired) electrons. The van der Waals surface area contributed by atoms with E-state index in [1.807, 2.05) is 27.7 Å². The summed E-state index contributed by atoms with van der Waals surface area (Å²) in [5, 5.41) is 11.4. The Bertz CT molecular complexity index is 494. The number of rotatable bonds is 5. The number of aryl methyl sites for hydroxylation is 1. The molecule has 0 bridgehead atoms. The largest absolute Gasteiger partial charge is 0.357 e. The molecule has 0 unspecified atom stereocenters. The van der Waals surface area contributed by atoms with Crippen LogP contribution in [0.4, 0.5) is 0 Å². The van der Waals surface area contributed by atoms with Gasteiger partial charge in [0.05, 0.1) is 6.54 Å². The van der Waals surface area contributed by atoms with Crippen molar-refractivity contribution in [3.63, 3.8) is 0 Å². The van der Waals surface area contributed by atoms with E-state index in [0.29, 0.717) is 5.96 Å². The predicted molar refractivity (Wildman–Crippen MR) is 105 cm³/mol. The van der Waals surface area contributed by atoms with Gasteiger partial charge in [0.25, 0.3) is 0 Å². The molecule has 0 fully saturated rings. The molecular weight excluding hydrogens is 411 g/mol. The van der Waals surface area contributed by atoms with Gasteiger partial charge in [0.2, 0.25) is 5.91 Å². The predicted octanol–water partition coefficient (Wildman–Crippen LogP) is 2.64. The molecule has 1 heterocycles. The summed E-state index contributed by atoms with van der Waals surface area (Å²) in [7, 11) is 0. The molecule has 5 nitrogen and oxygen atoms in total. The first-order chi connectivity index (χ1) is 9.81. The molecule has 0 aliphatic carbocycles. The van der Waals surface area contributed by atoms with Gasteiger partial charge in [-0.3, -0.25) is 4.79 Å². The maximum absolute atomic E-state index is 11.8. The molecule has 1 rings (SSSR count). The van der Waals surface area contributed by atoms with Crippen LogP contribution in [0.25, 0.3) is 0 Å². The van der Waals surface area contributed by atoms with Gasteiger partial charge in [-0.2, -0.15) is 0 Å². The second kappa shape index (κ2) is 10.0. The van der Waals surface area contributed by atoms with Crippen molar-refractivity contribution < 1.29 is 4.79 Å². The molecule has 0 atom stereocenters. The number of thiophene rings is 1. The van der Waals surface area contributed by atoms with Crippen molar-refractivity contribution in [2.24, 2.45) is 4.99 Å². The summed E-state index contributed by atoms with van der Waals surface area (Å²) in [6, 6.07) is 2.10. The molecule has 0 aliphatic rings. The van der Waals surface area contributed by atoms with Gasteiger partial charge in [0.15, 0.2) is 5.96 Å². The normalized spacial score (nSPS) is 11.6. The average Bonchev–Trinajstić information content (AvgIpc) is 2.76. The summed E-state index contributed by atoms with van der Waals surface area (Å²) in [5.74, 6) is 0.585. The van der Waals surface area contributed by atoms with Crippen molar-refractivity contribution >= 4 is 47.2 Å². The molecule has 3 N–H and O–H groups in total. The molecule has 1 aromatic heterocycles. The maximum atomic E-state index is 11.8. The Balaban J connectivity index is 0.00000441.